The number of rotatable bonds is 3. The van der Waals surface area contributed by atoms with Crippen molar-refractivity contribution in [2.45, 2.75) is 49.7 Å². The molecule has 5 heteroatoms. The molecule has 4 nitrogen and oxygen atoms in total. The molecule has 1 aromatic heterocycles. The van der Waals surface area contributed by atoms with Gasteiger partial charge >= 0.3 is 0 Å². The van der Waals surface area contributed by atoms with Crippen molar-refractivity contribution < 1.29 is 8.42 Å². The number of pyridine rings is 1. The van der Waals surface area contributed by atoms with Crippen molar-refractivity contribution in [3.63, 3.8) is 0 Å². The molecule has 0 spiro atoms. The van der Waals surface area contributed by atoms with Gasteiger partial charge in [0.15, 0.2) is 9.84 Å². The van der Waals surface area contributed by atoms with Gasteiger partial charge in [-0.3, -0.25) is 4.98 Å². The smallest absolute Gasteiger partial charge is 0.188 e. The van der Waals surface area contributed by atoms with Gasteiger partial charge in [0.25, 0.3) is 0 Å². The van der Waals surface area contributed by atoms with Gasteiger partial charge in [0, 0.05) is 24.7 Å². The Bertz CT molecular complexity index is 1030. The predicted molar refractivity (Wildman–Crippen MR) is 111 cm³/mol. The number of nitrogens with zero attached hydrogens (tertiary/aromatic N) is 2. The molecule has 2 heterocycles. The highest BCUT2D eigenvalue weighted by atomic mass is 32.2. The zero-order valence-electron chi connectivity index (χ0n) is 16.0. The lowest BCUT2D eigenvalue weighted by molar-refractivity contribution is 0.570. The first kappa shape index (κ1) is 18.2. The van der Waals surface area contributed by atoms with Crippen LogP contribution in [-0.2, 0) is 9.84 Å². The average Bonchev–Trinajstić information content (AvgIpc) is 2.68. The molecular formula is C22H26N2O2S. The molecule has 0 radical (unpaired) electrons. The van der Waals surface area contributed by atoms with Gasteiger partial charge in [-0.2, -0.15) is 0 Å². The summed E-state index contributed by atoms with van der Waals surface area (Å²) in [6, 6.07) is 6.09. The fourth-order valence-corrected chi connectivity index (χ4v) is 5.70. The summed E-state index contributed by atoms with van der Waals surface area (Å²) < 4.78 is 27.1. The van der Waals surface area contributed by atoms with E-state index in [1.807, 2.05) is 44.2 Å². The fraction of sp³-hybridized carbons (Fsp3) is 0.409. The van der Waals surface area contributed by atoms with Crippen molar-refractivity contribution >= 4 is 26.4 Å². The number of aromatic nitrogens is 1. The lowest BCUT2D eigenvalue weighted by atomic mass is 10.1. The largest absolute Gasteiger partial charge is 0.370 e. The van der Waals surface area contributed by atoms with Gasteiger partial charge in [-0.15, -0.1) is 0 Å². The second-order valence-corrected chi connectivity index (χ2v) is 9.80. The molecule has 2 aliphatic rings. The molecule has 0 saturated carbocycles. The van der Waals surface area contributed by atoms with Crippen LogP contribution in [0.2, 0.25) is 0 Å². The van der Waals surface area contributed by atoms with E-state index in [2.05, 4.69) is 16.0 Å². The number of anilines is 1. The highest BCUT2D eigenvalue weighted by Crippen LogP contribution is 2.37. The Morgan fingerprint density at radius 1 is 1.11 bits per heavy atom. The van der Waals surface area contributed by atoms with E-state index in [0.717, 1.165) is 53.7 Å². The maximum absolute atomic E-state index is 13.5. The summed E-state index contributed by atoms with van der Waals surface area (Å²) in [5.41, 5.74) is 3.94. The number of benzene rings is 1. The lowest BCUT2D eigenvalue weighted by Crippen LogP contribution is -2.32. The molecule has 1 saturated heterocycles. The normalized spacial score (nSPS) is 20.7. The molecule has 1 unspecified atom stereocenters. The van der Waals surface area contributed by atoms with Crippen molar-refractivity contribution in [3.8, 4) is 0 Å². The number of fused-ring (bicyclic) bond motifs is 1. The molecule has 1 fully saturated rings. The summed E-state index contributed by atoms with van der Waals surface area (Å²) >= 11 is 0. The van der Waals surface area contributed by atoms with Crippen LogP contribution >= 0.6 is 0 Å². The Morgan fingerprint density at radius 2 is 1.89 bits per heavy atom. The van der Waals surface area contributed by atoms with Crippen molar-refractivity contribution in [1.29, 1.82) is 0 Å². The highest BCUT2D eigenvalue weighted by molar-refractivity contribution is 7.92. The number of allylic oxidation sites excluding steroid dienone is 3. The third-order valence-corrected chi connectivity index (χ3v) is 7.64. The summed E-state index contributed by atoms with van der Waals surface area (Å²) in [6.45, 7) is 5.83. The third-order valence-electron chi connectivity index (χ3n) is 5.58. The van der Waals surface area contributed by atoms with E-state index in [4.69, 9.17) is 0 Å². The molecule has 1 aliphatic heterocycles. The Labute approximate surface area is 161 Å². The second-order valence-electron chi connectivity index (χ2n) is 7.67. The van der Waals surface area contributed by atoms with Crippen LogP contribution in [0.5, 0.6) is 0 Å². The standard InChI is InChI=1S/C22H26N2O2S/c1-16-6-9-18(10-7-16)27(25,26)21-15-23-20-11-8-17(2)14-19(20)22(21)24-12-4-3-5-13-24/h6-9,11,14-15,18H,3-5,10,12-13H2,1-2H3. The Kier molecular flexibility index (Phi) is 4.81. The SMILES string of the molecule is CC1=CCC(S(=O)(=O)c2cnc3ccc(C)cc3c2N2CCCCC2)C=C1. The maximum Gasteiger partial charge on any atom is 0.188 e. The molecule has 4 rings (SSSR count). The molecule has 142 valence electrons. The fourth-order valence-electron chi connectivity index (χ4n) is 4.03. The minimum absolute atomic E-state index is 0.380. The van der Waals surface area contributed by atoms with E-state index in [1.54, 1.807) is 6.20 Å². The van der Waals surface area contributed by atoms with Gasteiger partial charge in [0.05, 0.1) is 16.5 Å². The Morgan fingerprint density at radius 3 is 2.59 bits per heavy atom. The summed E-state index contributed by atoms with van der Waals surface area (Å²) in [7, 11) is -3.51. The number of hydrogen-bond donors (Lipinski definition) is 0. The Balaban J connectivity index is 1.90. The summed E-state index contributed by atoms with van der Waals surface area (Å²) in [4.78, 5) is 7.15. The highest BCUT2D eigenvalue weighted by Gasteiger charge is 2.31. The van der Waals surface area contributed by atoms with Crippen LogP contribution in [0.3, 0.4) is 0 Å². The monoisotopic (exact) mass is 382 g/mol. The van der Waals surface area contributed by atoms with Crippen molar-refractivity contribution in [1.82, 2.24) is 4.98 Å². The zero-order valence-corrected chi connectivity index (χ0v) is 16.8. The molecule has 0 amide bonds. The third kappa shape index (κ3) is 3.41. The van der Waals surface area contributed by atoms with E-state index in [0.29, 0.717) is 11.3 Å². The van der Waals surface area contributed by atoms with Crippen LogP contribution in [0.4, 0.5) is 5.69 Å². The van der Waals surface area contributed by atoms with Crippen LogP contribution in [0, 0.1) is 6.92 Å². The number of sulfone groups is 1. The maximum atomic E-state index is 13.5. The first-order valence-electron chi connectivity index (χ1n) is 9.70. The molecule has 0 N–H and O–H groups in total. The van der Waals surface area contributed by atoms with Gasteiger partial charge in [0.1, 0.15) is 4.90 Å². The molecule has 1 aromatic carbocycles. The van der Waals surface area contributed by atoms with E-state index in [1.165, 1.54) is 6.42 Å². The zero-order chi connectivity index (χ0) is 19.0. The summed E-state index contributed by atoms with van der Waals surface area (Å²) in [5.74, 6) is 0. The summed E-state index contributed by atoms with van der Waals surface area (Å²) in [6.07, 6.45) is 11.2. The Hall–Kier alpha value is -2.14. The van der Waals surface area contributed by atoms with Crippen molar-refractivity contribution in [2.24, 2.45) is 0 Å². The van der Waals surface area contributed by atoms with Crippen LogP contribution < -0.4 is 4.90 Å². The van der Waals surface area contributed by atoms with Crippen molar-refractivity contribution in [3.05, 3.63) is 53.8 Å². The van der Waals surface area contributed by atoms with Crippen LogP contribution in [0.15, 0.2) is 53.1 Å². The number of aryl methyl sites for hydroxylation is 1. The summed E-state index contributed by atoms with van der Waals surface area (Å²) in [5, 5.41) is 0.429. The van der Waals surface area contributed by atoms with Crippen LogP contribution in [0.25, 0.3) is 10.9 Å². The minimum atomic E-state index is -3.51. The molecular weight excluding hydrogens is 356 g/mol. The lowest BCUT2D eigenvalue weighted by Gasteiger charge is -2.32. The topological polar surface area (TPSA) is 50.3 Å². The van der Waals surface area contributed by atoms with E-state index >= 15 is 0 Å². The average molecular weight is 383 g/mol. The first-order chi connectivity index (χ1) is 13.0. The van der Waals surface area contributed by atoms with E-state index in [-0.39, 0.29) is 0 Å². The van der Waals surface area contributed by atoms with Gasteiger partial charge in [-0.05, 0) is 51.7 Å². The number of hydrogen-bond acceptors (Lipinski definition) is 4. The predicted octanol–water partition coefficient (Wildman–Crippen LogP) is 4.58. The van der Waals surface area contributed by atoms with Gasteiger partial charge < -0.3 is 4.90 Å². The van der Waals surface area contributed by atoms with E-state index in [9.17, 15) is 8.42 Å². The van der Waals surface area contributed by atoms with Gasteiger partial charge in [-0.25, -0.2) is 8.42 Å². The molecule has 0 bridgehead atoms. The van der Waals surface area contributed by atoms with Gasteiger partial charge in [-0.1, -0.05) is 35.4 Å². The first-order valence-corrected chi connectivity index (χ1v) is 11.2. The number of piperidine rings is 1. The molecule has 2 aromatic rings. The molecule has 1 atom stereocenters. The van der Waals surface area contributed by atoms with Crippen LogP contribution in [0.1, 0.15) is 38.2 Å². The van der Waals surface area contributed by atoms with E-state index < -0.39 is 15.1 Å². The molecule has 1 aliphatic carbocycles. The van der Waals surface area contributed by atoms with Crippen molar-refractivity contribution in [2.75, 3.05) is 18.0 Å². The second kappa shape index (κ2) is 7.12. The van der Waals surface area contributed by atoms with Crippen LogP contribution in [-0.4, -0.2) is 31.7 Å². The molecule has 27 heavy (non-hydrogen) atoms. The minimum Gasteiger partial charge on any atom is -0.370 e. The van der Waals surface area contributed by atoms with Gasteiger partial charge in [0.2, 0.25) is 0 Å². The quantitative estimate of drug-likeness (QED) is 0.779.